The van der Waals surface area contributed by atoms with Gasteiger partial charge in [0.2, 0.25) is 0 Å². The molecule has 3 aromatic carbocycles. The monoisotopic (exact) mass is 712 g/mol. The first-order valence-electron chi connectivity index (χ1n) is 13.6. The minimum Gasteiger partial charge on any atom is -0.496 e. The van der Waals surface area contributed by atoms with Crippen molar-refractivity contribution in [1.29, 1.82) is 0 Å². The zero-order valence-corrected chi connectivity index (χ0v) is 27.2. The molecule has 222 valence electrons. The Hall–Kier alpha value is -3.97. The molecule has 0 N–H and O–H groups in total. The number of hydrogen-bond donors (Lipinski definition) is 0. The molecule has 0 saturated heterocycles. The van der Waals surface area contributed by atoms with Gasteiger partial charge in [-0.05, 0) is 84.0 Å². The average Bonchev–Trinajstić information content (AvgIpc) is 3.27. The Balaban J connectivity index is 1.78. The van der Waals surface area contributed by atoms with Crippen molar-refractivity contribution in [3.63, 3.8) is 0 Å². The molecule has 5 rings (SSSR count). The maximum Gasteiger partial charge on any atom is 0.338 e. The Morgan fingerprint density at radius 1 is 1.09 bits per heavy atom. The van der Waals surface area contributed by atoms with Crippen LogP contribution in [0.4, 0.5) is 0 Å². The number of aromatic nitrogens is 1. The van der Waals surface area contributed by atoms with Gasteiger partial charge in [-0.2, -0.15) is 0 Å². The van der Waals surface area contributed by atoms with Gasteiger partial charge in [0.05, 0.1) is 39.7 Å². The van der Waals surface area contributed by atoms with Crippen molar-refractivity contribution in [3.05, 3.63) is 94.2 Å². The molecule has 0 amide bonds. The number of methoxy groups -OCH3 is 1. The number of halogens is 1. The highest BCUT2D eigenvalue weighted by molar-refractivity contribution is 14.1. The van der Waals surface area contributed by atoms with E-state index in [1.807, 2.05) is 43.3 Å². The number of fused-ring (bicyclic) bond motifs is 2. The number of nitrogens with zero attached hydrogens (tertiary/aromatic N) is 2. The van der Waals surface area contributed by atoms with Crippen LogP contribution in [0.25, 0.3) is 16.8 Å². The Morgan fingerprint density at radius 2 is 1.86 bits per heavy atom. The van der Waals surface area contributed by atoms with E-state index in [-0.39, 0.29) is 17.7 Å². The number of rotatable bonds is 8. The number of esters is 2. The molecular formula is C32H29IN2O7S. The van der Waals surface area contributed by atoms with Crippen LogP contribution in [0.15, 0.2) is 69.6 Å². The molecule has 1 aliphatic rings. The third kappa shape index (κ3) is 5.83. The first kappa shape index (κ1) is 30.5. The highest BCUT2D eigenvalue weighted by Crippen LogP contribution is 2.40. The number of benzene rings is 3. The molecule has 0 fully saturated rings. The molecule has 11 heteroatoms. The van der Waals surface area contributed by atoms with E-state index in [0.717, 1.165) is 10.8 Å². The fourth-order valence-electron chi connectivity index (χ4n) is 5.13. The van der Waals surface area contributed by atoms with Crippen molar-refractivity contribution in [3.8, 4) is 17.2 Å². The highest BCUT2D eigenvalue weighted by Gasteiger charge is 2.36. The second-order valence-corrected chi connectivity index (χ2v) is 11.7. The number of allylic oxidation sites excluding steroid dienone is 1. The first-order chi connectivity index (χ1) is 20.7. The van der Waals surface area contributed by atoms with E-state index in [0.29, 0.717) is 53.6 Å². The van der Waals surface area contributed by atoms with E-state index >= 15 is 0 Å². The third-order valence-corrected chi connectivity index (χ3v) is 8.60. The molecule has 1 aromatic heterocycles. The van der Waals surface area contributed by atoms with Crippen LogP contribution < -0.4 is 29.1 Å². The Bertz CT molecular complexity index is 1980. The molecule has 0 bridgehead atoms. The van der Waals surface area contributed by atoms with Crippen molar-refractivity contribution >= 4 is 62.7 Å². The van der Waals surface area contributed by atoms with Gasteiger partial charge in [0.25, 0.3) is 5.56 Å². The van der Waals surface area contributed by atoms with Gasteiger partial charge in [0.15, 0.2) is 16.3 Å². The molecule has 0 spiro atoms. The van der Waals surface area contributed by atoms with Crippen molar-refractivity contribution in [1.82, 2.24) is 4.57 Å². The van der Waals surface area contributed by atoms with Crippen molar-refractivity contribution in [2.45, 2.75) is 33.7 Å². The molecule has 0 aliphatic carbocycles. The average molecular weight is 713 g/mol. The smallest absolute Gasteiger partial charge is 0.338 e. The van der Waals surface area contributed by atoms with E-state index < -0.39 is 18.0 Å². The van der Waals surface area contributed by atoms with E-state index in [1.165, 1.54) is 18.3 Å². The zero-order chi connectivity index (χ0) is 30.8. The van der Waals surface area contributed by atoms with Crippen LogP contribution in [0.1, 0.15) is 44.9 Å². The van der Waals surface area contributed by atoms with Crippen LogP contribution in [0.5, 0.6) is 17.2 Å². The Labute approximate surface area is 265 Å². The van der Waals surface area contributed by atoms with Crippen LogP contribution in [0, 0.1) is 3.57 Å². The minimum absolute atomic E-state index is 0.170. The normalized spacial score (nSPS) is 14.7. The minimum atomic E-state index is -0.844. The first-order valence-corrected chi connectivity index (χ1v) is 15.5. The summed E-state index contributed by atoms with van der Waals surface area (Å²) < 4.78 is 25.0. The quantitative estimate of drug-likeness (QED) is 0.146. The summed E-state index contributed by atoms with van der Waals surface area (Å²) in [6.45, 7) is 7.18. The van der Waals surface area contributed by atoms with Gasteiger partial charge in [-0.25, -0.2) is 9.79 Å². The maximum atomic E-state index is 14.2. The van der Waals surface area contributed by atoms with Crippen LogP contribution in [-0.2, 0) is 14.3 Å². The van der Waals surface area contributed by atoms with Gasteiger partial charge < -0.3 is 18.9 Å². The maximum absolute atomic E-state index is 14.2. The van der Waals surface area contributed by atoms with E-state index in [1.54, 1.807) is 43.7 Å². The highest BCUT2D eigenvalue weighted by atomic mass is 127. The Morgan fingerprint density at radius 3 is 2.56 bits per heavy atom. The van der Waals surface area contributed by atoms with Gasteiger partial charge in [0, 0.05) is 12.5 Å². The van der Waals surface area contributed by atoms with Gasteiger partial charge in [0.1, 0.15) is 11.8 Å². The molecule has 0 unspecified atom stereocenters. The lowest BCUT2D eigenvalue weighted by Gasteiger charge is -2.27. The van der Waals surface area contributed by atoms with E-state index in [2.05, 4.69) is 22.6 Å². The summed E-state index contributed by atoms with van der Waals surface area (Å²) in [5.74, 6) is 0.243. The number of ether oxygens (including phenoxy) is 4. The van der Waals surface area contributed by atoms with Gasteiger partial charge >= 0.3 is 11.9 Å². The van der Waals surface area contributed by atoms with Crippen molar-refractivity contribution in [2.24, 2.45) is 4.99 Å². The van der Waals surface area contributed by atoms with Crippen LogP contribution in [0.2, 0.25) is 0 Å². The molecule has 9 nitrogen and oxygen atoms in total. The second-order valence-electron chi connectivity index (χ2n) is 9.56. The molecule has 0 radical (unpaired) electrons. The van der Waals surface area contributed by atoms with Gasteiger partial charge in [-0.3, -0.25) is 14.2 Å². The second kappa shape index (κ2) is 12.7. The Kier molecular flexibility index (Phi) is 9.02. The summed E-state index contributed by atoms with van der Waals surface area (Å²) in [6, 6.07) is 14.2. The molecule has 1 aliphatic heterocycles. The predicted molar refractivity (Wildman–Crippen MR) is 173 cm³/mol. The van der Waals surface area contributed by atoms with Crippen molar-refractivity contribution < 1.29 is 28.5 Å². The summed E-state index contributed by atoms with van der Waals surface area (Å²) in [7, 11) is 1.56. The summed E-state index contributed by atoms with van der Waals surface area (Å²) in [6.07, 6.45) is 1.74. The molecule has 43 heavy (non-hydrogen) atoms. The third-order valence-electron chi connectivity index (χ3n) is 6.82. The fraction of sp³-hybridized carbons (Fsp3) is 0.250. The van der Waals surface area contributed by atoms with Crippen LogP contribution in [-0.4, -0.2) is 36.8 Å². The SMILES string of the molecule is CCOC(=O)C1=C(C)N=c2s/c(=C\c3cc(I)c(OC(C)=O)c(OCC)c3)c(=O)n2[C@@H]1c1c(OC)ccc2ccccc12. The summed E-state index contributed by atoms with van der Waals surface area (Å²) in [5.41, 5.74) is 1.76. The molecule has 1 atom stereocenters. The van der Waals surface area contributed by atoms with Gasteiger partial charge in [-0.15, -0.1) is 0 Å². The summed E-state index contributed by atoms with van der Waals surface area (Å²) >= 11 is 3.29. The summed E-state index contributed by atoms with van der Waals surface area (Å²) in [5, 5.41) is 1.78. The number of carbonyl (C=O) groups excluding carboxylic acids is 2. The molecular weight excluding hydrogens is 683 g/mol. The van der Waals surface area contributed by atoms with Gasteiger partial charge in [-0.1, -0.05) is 41.7 Å². The van der Waals surface area contributed by atoms with Crippen LogP contribution >= 0.6 is 33.9 Å². The lowest BCUT2D eigenvalue weighted by molar-refractivity contribution is -0.139. The zero-order valence-electron chi connectivity index (χ0n) is 24.2. The largest absolute Gasteiger partial charge is 0.496 e. The molecule has 2 heterocycles. The lowest BCUT2D eigenvalue weighted by Crippen LogP contribution is -2.40. The van der Waals surface area contributed by atoms with E-state index in [9.17, 15) is 14.4 Å². The van der Waals surface area contributed by atoms with Crippen molar-refractivity contribution in [2.75, 3.05) is 20.3 Å². The number of hydrogen-bond acceptors (Lipinski definition) is 9. The molecule has 4 aromatic rings. The van der Waals surface area contributed by atoms with Crippen LogP contribution in [0.3, 0.4) is 0 Å². The predicted octanol–water partition coefficient (Wildman–Crippen LogP) is 4.89. The summed E-state index contributed by atoms with van der Waals surface area (Å²) in [4.78, 5) is 44.5. The number of thiazole rings is 1. The molecule has 0 saturated carbocycles. The topological polar surface area (TPSA) is 105 Å². The number of carbonyl (C=O) groups is 2. The lowest BCUT2D eigenvalue weighted by atomic mass is 9.90. The standard InChI is InChI=1S/C32H29IN2O7S/c1-6-40-24-15-19(14-22(33)29(24)42-18(4)36)16-25-30(37)35-28(26(31(38)41-7-2)17(3)34-32(35)43-25)27-21-11-9-8-10-20(21)12-13-23(27)39-5/h8-16,28H,6-7H2,1-5H3/b25-16-/t28-/m0/s1. The van der Waals surface area contributed by atoms with E-state index in [4.69, 9.17) is 23.9 Å². The fourth-order valence-corrected chi connectivity index (χ4v) is 6.91.